The number of rotatable bonds is 2. The number of aromatic nitrogens is 1. The third-order valence-electron chi connectivity index (χ3n) is 3.28. The first-order valence-electron chi connectivity index (χ1n) is 5.99. The van der Waals surface area contributed by atoms with Crippen LogP contribution in [-0.2, 0) is 0 Å². The Morgan fingerprint density at radius 2 is 1.44 bits per heavy atom. The highest BCUT2D eigenvalue weighted by Gasteiger charge is 2.25. The van der Waals surface area contributed by atoms with Crippen molar-refractivity contribution in [1.82, 2.24) is 15.8 Å². The van der Waals surface area contributed by atoms with Crippen LogP contribution in [-0.4, -0.2) is 4.98 Å². The fourth-order valence-electron chi connectivity index (χ4n) is 2.28. The first-order valence-corrected chi connectivity index (χ1v) is 6.37. The summed E-state index contributed by atoms with van der Waals surface area (Å²) >= 11 is 5.90. The Labute approximate surface area is 111 Å². The van der Waals surface area contributed by atoms with E-state index in [9.17, 15) is 0 Å². The van der Waals surface area contributed by atoms with Crippen molar-refractivity contribution in [2.75, 3.05) is 0 Å². The van der Waals surface area contributed by atoms with Crippen molar-refractivity contribution in [2.24, 2.45) is 0 Å². The van der Waals surface area contributed by atoms with E-state index in [1.807, 2.05) is 36.7 Å². The molecular formula is C14H14ClN3. The van der Waals surface area contributed by atoms with E-state index in [0.717, 1.165) is 11.4 Å². The Bertz CT molecular complexity index is 512. The normalized spacial score (nSPS) is 23.2. The topological polar surface area (TPSA) is 37.0 Å². The van der Waals surface area contributed by atoms with Gasteiger partial charge in [0.2, 0.25) is 0 Å². The summed E-state index contributed by atoms with van der Waals surface area (Å²) in [5, 5.41) is 0.774. The van der Waals surface area contributed by atoms with Crippen LogP contribution >= 0.6 is 11.6 Å². The number of hydrogen-bond donors (Lipinski definition) is 2. The number of hydrogen-bond acceptors (Lipinski definition) is 3. The average Bonchev–Trinajstić information content (AvgIpc) is 2.90. The third-order valence-corrected chi connectivity index (χ3v) is 3.54. The molecule has 4 heteroatoms. The van der Waals surface area contributed by atoms with E-state index in [1.165, 1.54) is 11.1 Å². The number of hydrazine groups is 1. The molecule has 0 saturated carbocycles. The van der Waals surface area contributed by atoms with Gasteiger partial charge in [0.15, 0.2) is 0 Å². The van der Waals surface area contributed by atoms with E-state index in [0.29, 0.717) is 12.1 Å². The molecule has 0 amide bonds. The van der Waals surface area contributed by atoms with Gasteiger partial charge in [0.25, 0.3) is 0 Å². The van der Waals surface area contributed by atoms with Crippen LogP contribution in [0.2, 0.25) is 5.02 Å². The van der Waals surface area contributed by atoms with Gasteiger partial charge in [-0.1, -0.05) is 23.7 Å². The van der Waals surface area contributed by atoms with E-state index >= 15 is 0 Å². The molecule has 0 aliphatic carbocycles. The summed E-state index contributed by atoms with van der Waals surface area (Å²) in [6, 6.07) is 12.7. The van der Waals surface area contributed by atoms with Crippen LogP contribution in [0.25, 0.3) is 0 Å². The Morgan fingerprint density at radius 1 is 0.889 bits per heavy atom. The van der Waals surface area contributed by atoms with E-state index in [1.54, 1.807) is 0 Å². The van der Waals surface area contributed by atoms with Crippen LogP contribution in [0.15, 0.2) is 48.8 Å². The lowest BCUT2D eigenvalue weighted by Crippen LogP contribution is -2.26. The zero-order valence-electron chi connectivity index (χ0n) is 9.81. The molecular weight excluding hydrogens is 246 g/mol. The predicted octanol–water partition coefficient (Wildman–Crippen LogP) is 3.02. The molecule has 2 aromatic rings. The lowest BCUT2D eigenvalue weighted by molar-refractivity contribution is 0.555. The maximum absolute atomic E-state index is 5.90. The van der Waals surface area contributed by atoms with Crippen molar-refractivity contribution in [3.05, 3.63) is 64.9 Å². The molecule has 92 valence electrons. The molecule has 0 radical (unpaired) electrons. The molecule has 0 bridgehead atoms. The molecule has 1 saturated heterocycles. The van der Waals surface area contributed by atoms with Gasteiger partial charge in [-0.3, -0.25) is 4.98 Å². The first-order chi connectivity index (χ1) is 8.83. The van der Waals surface area contributed by atoms with Gasteiger partial charge in [-0.05, 0) is 41.8 Å². The van der Waals surface area contributed by atoms with E-state index < -0.39 is 0 Å². The fraction of sp³-hybridized carbons (Fsp3) is 0.214. The lowest BCUT2D eigenvalue weighted by atomic mass is 9.98. The van der Waals surface area contributed by atoms with E-state index in [-0.39, 0.29) is 0 Å². The number of benzene rings is 1. The minimum absolute atomic E-state index is 0.320. The largest absolute Gasteiger partial charge is 0.265 e. The van der Waals surface area contributed by atoms with Crippen LogP contribution in [0.5, 0.6) is 0 Å². The minimum Gasteiger partial charge on any atom is -0.265 e. The number of halogens is 1. The van der Waals surface area contributed by atoms with Crippen LogP contribution in [0.3, 0.4) is 0 Å². The second kappa shape index (κ2) is 5.06. The van der Waals surface area contributed by atoms with Gasteiger partial charge >= 0.3 is 0 Å². The minimum atomic E-state index is 0.320. The first kappa shape index (κ1) is 11.7. The maximum Gasteiger partial charge on any atom is 0.0482 e. The van der Waals surface area contributed by atoms with E-state index in [2.05, 4.69) is 28.0 Å². The highest BCUT2D eigenvalue weighted by Crippen LogP contribution is 2.30. The van der Waals surface area contributed by atoms with Crippen LogP contribution in [0.1, 0.15) is 29.6 Å². The zero-order chi connectivity index (χ0) is 12.4. The number of nitrogens with zero attached hydrogens (tertiary/aromatic N) is 1. The Kier molecular flexibility index (Phi) is 3.28. The van der Waals surface area contributed by atoms with Gasteiger partial charge < -0.3 is 0 Å². The van der Waals surface area contributed by atoms with Gasteiger partial charge in [-0.15, -0.1) is 0 Å². The van der Waals surface area contributed by atoms with Gasteiger partial charge in [0.05, 0.1) is 0 Å². The second-order valence-electron chi connectivity index (χ2n) is 4.46. The van der Waals surface area contributed by atoms with Crippen molar-refractivity contribution < 1.29 is 0 Å². The number of pyridine rings is 1. The highest BCUT2D eigenvalue weighted by atomic mass is 35.5. The molecule has 1 aromatic heterocycles. The summed E-state index contributed by atoms with van der Waals surface area (Å²) in [6.45, 7) is 0. The van der Waals surface area contributed by atoms with Crippen molar-refractivity contribution in [1.29, 1.82) is 0 Å². The van der Waals surface area contributed by atoms with Gasteiger partial charge in [-0.25, -0.2) is 10.9 Å². The molecule has 1 aliphatic rings. The fourth-order valence-corrected chi connectivity index (χ4v) is 2.41. The molecule has 2 atom stereocenters. The molecule has 1 aliphatic heterocycles. The van der Waals surface area contributed by atoms with Crippen molar-refractivity contribution in [3.8, 4) is 0 Å². The monoisotopic (exact) mass is 259 g/mol. The Balaban J connectivity index is 1.74. The molecule has 18 heavy (non-hydrogen) atoms. The predicted molar refractivity (Wildman–Crippen MR) is 72.1 cm³/mol. The second-order valence-corrected chi connectivity index (χ2v) is 4.90. The molecule has 2 unspecified atom stereocenters. The maximum atomic E-state index is 5.90. The molecule has 2 heterocycles. The third kappa shape index (κ3) is 2.38. The summed E-state index contributed by atoms with van der Waals surface area (Å²) in [6.07, 6.45) is 4.67. The van der Waals surface area contributed by atoms with E-state index in [4.69, 9.17) is 11.6 Å². The summed E-state index contributed by atoms with van der Waals surface area (Å²) in [4.78, 5) is 4.04. The SMILES string of the molecule is Clc1ccc(C2CC(c3ccncc3)NN2)cc1. The lowest BCUT2D eigenvalue weighted by Gasteiger charge is -2.10. The standard InChI is InChI=1S/C14H14ClN3/c15-12-3-1-10(2-4-12)13-9-14(18-17-13)11-5-7-16-8-6-11/h1-8,13-14,17-18H,9H2. The van der Waals surface area contributed by atoms with Crippen LogP contribution in [0.4, 0.5) is 0 Å². The van der Waals surface area contributed by atoms with Gasteiger partial charge in [-0.2, -0.15) is 0 Å². The molecule has 3 nitrogen and oxygen atoms in total. The molecule has 3 rings (SSSR count). The summed E-state index contributed by atoms with van der Waals surface area (Å²) in [5.74, 6) is 0. The Hall–Kier alpha value is -1.42. The highest BCUT2D eigenvalue weighted by molar-refractivity contribution is 6.30. The number of nitrogens with one attached hydrogen (secondary N) is 2. The quantitative estimate of drug-likeness (QED) is 0.871. The van der Waals surface area contributed by atoms with Crippen molar-refractivity contribution >= 4 is 11.6 Å². The molecule has 1 fully saturated rings. The molecule has 1 aromatic carbocycles. The van der Waals surface area contributed by atoms with Crippen molar-refractivity contribution in [3.63, 3.8) is 0 Å². The van der Waals surface area contributed by atoms with Gasteiger partial charge in [0.1, 0.15) is 0 Å². The molecule has 2 N–H and O–H groups in total. The average molecular weight is 260 g/mol. The zero-order valence-corrected chi connectivity index (χ0v) is 10.6. The van der Waals surface area contributed by atoms with Crippen LogP contribution in [0, 0.1) is 0 Å². The smallest absolute Gasteiger partial charge is 0.0482 e. The van der Waals surface area contributed by atoms with Gasteiger partial charge in [0, 0.05) is 29.5 Å². The van der Waals surface area contributed by atoms with Crippen LogP contribution < -0.4 is 10.9 Å². The summed E-state index contributed by atoms with van der Waals surface area (Å²) < 4.78 is 0. The molecule has 0 spiro atoms. The summed E-state index contributed by atoms with van der Waals surface area (Å²) in [5.41, 5.74) is 9.16. The Morgan fingerprint density at radius 3 is 2.06 bits per heavy atom. The van der Waals surface area contributed by atoms with Crippen molar-refractivity contribution in [2.45, 2.75) is 18.5 Å². The summed E-state index contributed by atoms with van der Waals surface area (Å²) in [7, 11) is 0.